The molecule has 1 atom stereocenters. The maximum Gasteiger partial charge on any atom is 0.186 e. The normalized spacial score (nSPS) is 16.1. The molecule has 4 rings (SSSR count). The van der Waals surface area contributed by atoms with Gasteiger partial charge in [-0.1, -0.05) is 56.2 Å². The molecule has 3 heterocycles. The number of unbranched alkanes of at least 4 members (excludes halogenated alkanes) is 1. The van der Waals surface area contributed by atoms with Crippen molar-refractivity contribution in [3.63, 3.8) is 0 Å². The molecule has 1 unspecified atom stereocenters. The minimum Gasteiger partial charge on any atom is -0.361 e. The van der Waals surface area contributed by atoms with Crippen LogP contribution in [0, 0.1) is 5.92 Å². The number of benzene rings is 1. The third kappa shape index (κ3) is 5.36. The first-order chi connectivity index (χ1) is 15.2. The summed E-state index contributed by atoms with van der Waals surface area (Å²) in [6.45, 7) is 9.67. The minimum atomic E-state index is 0.247. The Morgan fingerprint density at radius 3 is 2.77 bits per heavy atom. The van der Waals surface area contributed by atoms with Gasteiger partial charge in [0.25, 0.3) is 0 Å². The lowest BCUT2D eigenvalue weighted by molar-refractivity contribution is 0.0962. The Morgan fingerprint density at radius 2 is 2.00 bits per heavy atom. The highest BCUT2D eigenvalue weighted by atomic mass is 32.1. The number of aromatic nitrogens is 2. The maximum atomic E-state index is 13.1. The van der Waals surface area contributed by atoms with Crippen LogP contribution in [-0.2, 0) is 6.42 Å². The van der Waals surface area contributed by atoms with E-state index in [0.717, 1.165) is 68.4 Å². The molecule has 31 heavy (non-hydrogen) atoms. The Kier molecular flexibility index (Phi) is 7.41. The lowest BCUT2D eigenvalue weighted by Crippen LogP contribution is -2.46. The molecule has 1 aromatic carbocycles. The van der Waals surface area contributed by atoms with E-state index in [0.29, 0.717) is 12.3 Å². The van der Waals surface area contributed by atoms with Crippen LogP contribution in [-0.4, -0.2) is 53.4 Å². The number of piperazine rings is 1. The van der Waals surface area contributed by atoms with Gasteiger partial charge in [-0.3, -0.25) is 4.79 Å². The van der Waals surface area contributed by atoms with Crippen molar-refractivity contribution in [3.05, 3.63) is 47.1 Å². The van der Waals surface area contributed by atoms with Crippen LogP contribution in [0.4, 0.5) is 5.13 Å². The van der Waals surface area contributed by atoms with Crippen molar-refractivity contribution in [3.8, 4) is 0 Å². The van der Waals surface area contributed by atoms with Gasteiger partial charge >= 0.3 is 0 Å². The second kappa shape index (κ2) is 10.4. The molecule has 1 saturated heterocycles. The molecule has 2 aromatic heterocycles. The van der Waals surface area contributed by atoms with Crippen LogP contribution in [0.2, 0.25) is 0 Å². The number of nitrogens with zero attached hydrogens (tertiary/aromatic N) is 3. The first-order valence-electron chi connectivity index (χ1n) is 11.7. The summed E-state index contributed by atoms with van der Waals surface area (Å²) in [6.07, 6.45) is 8.88. The van der Waals surface area contributed by atoms with Crippen LogP contribution in [0.1, 0.15) is 54.8 Å². The molecule has 1 N–H and O–H groups in total. The van der Waals surface area contributed by atoms with E-state index >= 15 is 0 Å². The molecular weight excluding hydrogens is 404 g/mol. The highest BCUT2D eigenvalue weighted by molar-refractivity contribution is 7.17. The highest BCUT2D eigenvalue weighted by Gasteiger charge is 2.22. The number of carbonyl (C=O) groups excluding carboxylic acids is 1. The van der Waals surface area contributed by atoms with Gasteiger partial charge < -0.3 is 14.8 Å². The quantitative estimate of drug-likeness (QED) is 0.431. The van der Waals surface area contributed by atoms with Crippen molar-refractivity contribution in [2.24, 2.45) is 5.92 Å². The van der Waals surface area contributed by atoms with E-state index in [4.69, 9.17) is 0 Å². The van der Waals surface area contributed by atoms with Gasteiger partial charge in [-0.15, -0.1) is 0 Å². The number of para-hydroxylation sites is 1. The van der Waals surface area contributed by atoms with Crippen molar-refractivity contribution < 1.29 is 4.79 Å². The van der Waals surface area contributed by atoms with Gasteiger partial charge in [-0.05, 0) is 36.9 Å². The average molecular weight is 439 g/mol. The minimum absolute atomic E-state index is 0.247. The zero-order valence-corrected chi connectivity index (χ0v) is 19.6. The summed E-state index contributed by atoms with van der Waals surface area (Å²) in [7, 11) is 0. The second-order valence-corrected chi connectivity index (χ2v) is 9.64. The third-order valence-electron chi connectivity index (χ3n) is 6.48. The predicted octanol–water partition coefficient (Wildman–Crippen LogP) is 5.39. The number of H-pyrrole nitrogens is 1. The third-order valence-corrected chi connectivity index (χ3v) is 7.58. The number of hydrogen-bond acceptors (Lipinski definition) is 5. The fraction of sp³-hybridized carbons (Fsp3) is 0.520. The van der Waals surface area contributed by atoms with Gasteiger partial charge in [0.1, 0.15) is 0 Å². The van der Waals surface area contributed by atoms with Gasteiger partial charge in [0.05, 0.1) is 11.1 Å². The topological polar surface area (TPSA) is 52.2 Å². The Hall–Kier alpha value is -2.18. The number of ketones is 1. The van der Waals surface area contributed by atoms with Gasteiger partial charge in [-0.25, -0.2) is 4.98 Å². The van der Waals surface area contributed by atoms with Gasteiger partial charge in [0, 0.05) is 49.7 Å². The molecule has 1 aliphatic heterocycles. The maximum absolute atomic E-state index is 13.1. The van der Waals surface area contributed by atoms with E-state index in [9.17, 15) is 4.79 Å². The number of fused-ring (bicyclic) bond motifs is 1. The van der Waals surface area contributed by atoms with Crippen molar-refractivity contribution in [2.75, 3.05) is 37.6 Å². The highest BCUT2D eigenvalue weighted by Crippen LogP contribution is 2.29. The van der Waals surface area contributed by atoms with E-state index in [-0.39, 0.29) is 5.78 Å². The number of Topliss-reactive ketones (excluding diaryl/α,β-unsaturated/α-hetero) is 1. The molecule has 0 bridgehead atoms. The fourth-order valence-electron chi connectivity index (χ4n) is 4.54. The largest absolute Gasteiger partial charge is 0.361 e. The zero-order valence-electron chi connectivity index (χ0n) is 18.8. The molecule has 0 aliphatic carbocycles. The molecule has 0 spiro atoms. The number of nitrogens with one attached hydrogen (secondary N) is 1. The van der Waals surface area contributed by atoms with Gasteiger partial charge in [-0.2, -0.15) is 0 Å². The smallest absolute Gasteiger partial charge is 0.186 e. The molecule has 166 valence electrons. The summed E-state index contributed by atoms with van der Waals surface area (Å²) in [4.78, 5) is 26.7. The van der Waals surface area contributed by atoms with Crippen LogP contribution < -0.4 is 4.90 Å². The number of thiazole rings is 1. The monoisotopic (exact) mass is 438 g/mol. The van der Waals surface area contributed by atoms with Crippen molar-refractivity contribution in [2.45, 2.75) is 46.0 Å². The van der Waals surface area contributed by atoms with Crippen LogP contribution in [0.25, 0.3) is 10.9 Å². The first kappa shape index (κ1) is 22.0. The molecule has 0 saturated carbocycles. The molecule has 0 radical (unpaired) electrons. The Balaban J connectivity index is 1.41. The van der Waals surface area contributed by atoms with E-state index in [1.54, 1.807) is 17.5 Å². The van der Waals surface area contributed by atoms with E-state index in [1.807, 2.05) is 0 Å². The summed E-state index contributed by atoms with van der Waals surface area (Å²) >= 11 is 1.57. The zero-order chi connectivity index (χ0) is 21.6. The lowest BCUT2D eigenvalue weighted by atomic mass is 9.89. The molecule has 6 heteroatoms. The van der Waals surface area contributed by atoms with Crippen LogP contribution in [0.15, 0.2) is 36.7 Å². The number of carbonyl (C=O) groups is 1. The Labute approximate surface area is 189 Å². The summed E-state index contributed by atoms with van der Waals surface area (Å²) in [5, 5.41) is 2.28. The van der Waals surface area contributed by atoms with Crippen LogP contribution in [0.3, 0.4) is 0 Å². The summed E-state index contributed by atoms with van der Waals surface area (Å²) in [6, 6.07) is 8.44. The molecule has 3 aromatic rings. The molecule has 1 fully saturated rings. The number of likely N-dealkylation sites (N-methyl/N-ethyl adjacent to an activating group) is 1. The molecular formula is C25H34N4OS. The number of anilines is 1. The number of rotatable bonds is 10. The number of aromatic amines is 1. The summed E-state index contributed by atoms with van der Waals surface area (Å²) in [5.74, 6) is 0.613. The van der Waals surface area contributed by atoms with Crippen molar-refractivity contribution >= 4 is 33.2 Å². The summed E-state index contributed by atoms with van der Waals surface area (Å²) < 4.78 is 0. The Bertz CT molecular complexity index is 986. The van der Waals surface area contributed by atoms with E-state index in [2.05, 4.69) is 64.1 Å². The van der Waals surface area contributed by atoms with Gasteiger partial charge in [0.2, 0.25) is 0 Å². The molecule has 0 amide bonds. The second-order valence-electron chi connectivity index (χ2n) is 8.63. The van der Waals surface area contributed by atoms with Crippen LogP contribution in [0.5, 0.6) is 0 Å². The van der Waals surface area contributed by atoms with Gasteiger partial charge in [0.15, 0.2) is 10.9 Å². The van der Waals surface area contributed by atoms with Crippen molar-refractivity contribution in [1.29, 1.82) is 0 Å². The average Bonchev–Trinajstić information content (AvgIpc) is 3.45. The molecule has 1 aliphatic rings. The van der Waals surface area contributed by atoms with E-state index in [1.165, 1.54) is 16.5 Å². The SMILES string of the molecule is CCCCC(CC(=O)c1cnc(N2CCN(CC)CC2)s1)Cc1c[nH]c2ccccc12. The number of hydrogen-bond donors (Lipinski definition) is 1. The predicted molar refractivity (Wildman–Crippen MR) is 130 cm³/mol. The fourth-order valence-corrected chi connectivity index (χ4v) is 5.46. The first-order valence-corrected chi connectivity index (χ1v) is 12.5. The standard InChI is InChI=1S/C25H34N4OS/c1-3-5-8-19(15-20-17-26-22-10-7-6-9-21(20)22)16-23(30)24-18-27-25(31-24)29-13-11-28(4-2)12-14-29/h6-7,9-10,17-19,26H,3-5,8,11-16H2,1-2H3. The molecule has 5 nitrogen and oxygen atoms in total. The Morgan fingerprint density at radius 1 is 1.19 bits per heavy atom. The van der Waals surface area contributed by atoms with E-state index < -0.39 is 0 Å². The lowest BCUT2D eigenvalue weighted by Gasteiger charge is -2.33. The summed E-state index contributed by atoms with van der Waals surface area (Å²) in [5.41, 5.74) is 2.50. The van der Waals surface area contributed by atoms with Crippen molar-refractivity contribution in [1.82, 2.24) is 14.9 Å². The van der Waals surface area contributed by atoms with Crippen LogP contribution >= 0.6 is 11.3 Å².